The van der Waals surface area contributed by atoms with Crippen LogP contribution in [0.25, 0.3) is 0 Å². The Morgan fingerprint density at radius 1 is 1.19 bits per heavy atom. The minimum absolute atomic E-state index is 0.320. The summed E-state index contributed by atoms with van der Waals surface area (Å²) in [5.41, 5.74) is 0. The van der Waals surface area contributed by atoms with E-state index in [9.17, 15) is 4.79 Å². The Labute approximate surface area is 126 Å². The highest BCUT2D eigenvalue weighted by molar-refractivity contribution is 5.76. The molecule has 0 aliphatic carbocycles. The number of rotatable bonds is 5. The van der Waals surface area contributed by atoms with Crippen molar-refractivity contribution in [3.05, 3.63) is 12.7 Å². The average Bonchev–Trinajstić information content (AvgIpc) is 3.22. The van der Waals surface area contributed by atoms with E-state index in [4.69, 9.17) is 0 Å². The summed E-state index contributed by atoms with van der Waals surface area (Å²) >= 11 is 0. The third-order valence-electron chi connectivity index (χ3n) is 4.86. The summed E-state index contributed by atoms with van der Waals surface area (Å²) < 4.78 is 1.89. The largest absolute Gasteiger partial charge is 0.338 e. The molecule has 1 aromatic rings. The van der Waals surface area contributed by atoms with E-state index in [-0.39, 0.29) is 0 Å². The van der Waals surface area contributed by atoms with Gasteiger partial charge in [0.05, 0.1) is 6.54 Å². The highest BCUT2D eigenvalue weighted by Crippen LogP contribution is 2.30. The number of amides is 1. The second-order valence-electron chi connectivity index (χ2n) is 6.05. The Balaban J connectivity index is 1.61. The van der Waals surface area contributed by atoms with Gasteiger partial charge in [-0.2, -0.15) is 5.10 Å². The lowest BCUT2D eigenvalue weighted by Gasteiger charge is -2.35. The summed E-state index contributed by atoms with van der Waals surface area (Å²) in [5, 5.41) is 4.17. The fraction of sp³-hybridized carbons (Fsp3) is 0.800. The van der Waals surface area contributed by atoms with Crippen LogP contribution in [0.1, 0.15) is 39.0 Å². The minimum atomic E-state index is 0.320. The van der Waals surface area contributed by atoms with Gasteiger partial charge in [0.25, 0.3) is 0 Å². The molecule has 1 aromatic heterocycles. The third kappa shape index (κ3) is 3.10. The van der Waals surface area contributed by atoms with Crippen molar-refractivity contribution in [2.45, 2.75) is 57.7 Å². The highest BCUT2D eigenvalue weighted by atomic mass is 16.2. The van der Waals surface area contributed by atoms with Crippen LogP contribution in [0, 0.1) is 0 Å². The zero-order valence-electron chi connectivity index (χ0n) is 12.8. The van der Waals surface area contributed by atoms with Gasteiger partial charge in [0, 0.05) is 31.6 Å². The van der Waals surface area contributed by atoms with Crippen molar-refractivity contribution < 1.29 is 4.79 Å². The van der Waals surface area contributed by atoms with Crippen LogP contribution in [-0.4, -0.2) is 62.2 Å². The number of hydrogen-bond donors (Lipinski definition) is 0. The van der Waals surface area contributed by atoms with Crippen LogP contribution in [0.4, 0.5) is 0 Å². The standard InChI is InChI=1S/C15H25N5O/c1-2-15(21)20-8-4-6-14(20)13-5-3-7-18(13)9-10-19-12-16-11-17-19/h11-14H,2-10H2,1H3. The number of hydrogen-bond acceptors (Lipinski definition) is 4. The summed E-state index contributed by atoms with van der Waals surface area (Å²) in [6, 6.07) is 0.960. The van der Waals surface area contributed by atoms with E-state index < -0.39 is 0 Å². The van der Waals surface area contributed by atoms with Crippen LogP contribution < -0.4 is 0 Å². The minimum Gasteiger partial charge on any atom is -0.338 e. The molecule has 3 heterocycles. The van der Waals surface area contributed by atoms with Gasteiger partial charge in [0.15, 0.2) is 0 Å². The van der Waals surface area contributed by atoms with Crippen molar-refractivity contribution in [1.82, 2.24) is 24.6 Å². The number of nitrogens with zero attached hydrogens (tertiary/aromatic N) is 5. The smallest absolute Gasteiger partial charge is 0.222 e. The fourth-order valence-corrected chi connectivity index (χ4v) is 3.85. The van der Waals surface area contributed by atoms with E-state index in [1.165, 1.54) is 12.8 Å². The van der Waals surface area contributed by atoms with Crippen molar-refractivity contribution in [3.63, 3.8) is 0 Å². The predicted molar refractivity (Wildman–Crippen MR) is 79.6 cm³/mol. The van der Waals surface area contributed by atoms with E-state index in [2.05, 4.69) is 19.9 Å². The monoisotopic (exact) mass is 291 g/mol. The van der Waals surface area contributed by atoms with Gasteiger partial charge < -0.3 is 4.90 Å². The Morgan fingerprint density at radius 2 is 2.00 bits per heavy atom. The van der Waals surface area contributed by atoms with E-state index >= 15 is 0 Å². The normalized spacial score (nSPS) is 26.6. The molecule has 0 bridgehead atoms. The second kappa shape index (κ2) is 6.56. The molecule has 2 saturated heterocycles. The lowest BCUT2D eigenvalue weighted by molar-refractivity contribution is -0.132. The highest BCUT2D eigenvalue weighted by Gasteiger charge is 2.38. The summed E-state index contributed by atoms with van der Waals surface area (Å²) in [7, 11) is 0. The van der Waals surface area contributed by atoms with Crippen LogP contribution in [-0.2, 0) is 11.3 Å². The molecule has 21 heavy (non-hydrogen) atoms. The number of carbonyl (C=O) groups excluding carboxylic acids is 1. The molecule has 3 rings (SSSR count). The van der Waals surface area contributed by atoms with Crippen molar-refractivity contribution in [3.8, 4) is 0 Å². The van der Waals surface area contributed by atoms with Crippen LogP contribution in [0.2, 0.25) is 0 Å². The van der Waals surface area contributed by atoms with E-state index in [1.54, 1.807) is 12.7 Å². The molecule has 0 spiro atoms. The molecule has 0 saturated carbocycles. The van der Waals surface area contributed by atoms with E-state index in [0.29, 0.717) is 24.4 Å². The zero-order chi connectivity index (χ0) is 14.7. The molecule has 6 nitrogen and oxygen atoms in total. The Kier molecular flexibility index (Phi) is 4.53. The van der Waals surface area contributed by atoms with Gasteiger partial charge in [-0.3, -0.25) is 14.4 Å². The summed E-state index contributed by atoms with van der Waals surface area (Å²) in [4.78, 5) is 20.8. The average molecular weight is 291 g/mol. The van der Waals surface area contributed by atoms with Crippen molar-refractivity contribution >= 4 is 5.91 Å². The summed E-state index contributed by atoms with van der Waals surface area (Å²) in [6.45, 7) is 5.94. The fourth-order valence-electron chi connectivity index (χ4n) is 3.85. The lowest BCUT2D eigenvalue weighted by atomic mass is 10.0. The molecule has 2 aliphatic heterocycles. The number of aromatic nitrogens is 3. The van der Waals surface area contributed by atoms with Gasteiger partial charge in [0.1, 0.15) is 12.7 Å². The third-order valence-corrected chi connectivity index (χ3v) is 4.86. The number of carbonyl (C=O) groups is 1. The van der Waals surface area contributed by atoms with Gasteiger partial charge >= 0.3 is 0 Å². The topological polar surface area (TPSA) is 54.3 Å². The summed E-state index contributed by atoms with van der Waals surface area (Å²) in [6.07, 6.45) is 8.76. The molecule has 2 unspecified atom stereocenters. The Hall–Kier alpha value is -1.43. The predicted octanol–water partition coefficient (Wildman–Crippen LogP) is 1.14. The lowest BCUT2D eigenvalue weighted by Crippen LogP contribution is -2.48. The SMILES string of the molecule is CCC(=O)N1CCCC1C1CCCN1CCn1cncn1. The van der Waals surface area contributed by atoms with E-state index in [1.807, 2.05) is 11.6 Å². The van der Waals surface area contributed by atoms with Gasteiger partial charge in [-0.05, 0) is 32.2 Å². The van der Waals surface area contributed by atoms with Crippen LogP contribution in [0.5, 0.6) is 0 Å². The van der Waals surface area contributed by atoms with Gasteiger partial charge in [-0.25, -0.2) is 4.98 Å². The maximum atomic E-state index is 12.1. The van der Waals surface area contributed by atoms with Gasteiger partial charge in [-0.1, -0.05) is 6.92 Å². The molecular weight excluding hydrogens is 266 g/mol. The molecule has 2 aliphatic rings. The Morgan fingerprint density at radius 3 is 2.76 bits per heavy atom. The van der Waals surface area contributed by atoms with Gasteiger partial charge in [0.2, 0.25) is 5.91 Å². The van der Waals surface area contributed by atoms with Crippen LogP contribution in [0.3, 0.4) is 0 Å². The molecule has 1 amide bonds. The molecule has 0 radical (unpaired) electrons. The quantitative estimate of drug-likeness (QED) is 0.816. The molecule has 2 atom stereocenters. The second-order valence-corrected chi connectivity index (χ2v) is 6.05. The maximum Gasteiger partial charge on any atom is 0.222 e. The summed E-state index contributed by atoms with van der Waals surface area (Å²) in [5.74, 6) is 0.320. The molecule has 6 heteroatoms. The first kappa shape index (κ1) is 14.5. The molecular formula is C15H25N5O. The Bertz CT molecular complexity index is 461. The first-order chi connectivity index (χ1) is 10.3. The van der Waals surface area contributed by atoms with Crippen molar-refractivity contribution in [1.29, 1.82) is 0 Å². The number of likely N-dealkylation sites (tertiary alicyclic amines) is 2. The van der Waals surface area contributed by atoms with Gasteiger partial charge in [-0.15, -0.1) is 0 Å². The van der Waals surface area contributed by atoms with Crippen molar-refractivity contribution in [2.75, 3.05) is 19.6 Å². The van der Waals surface area contributed by atoms with Crippen molar-refractivity contribution in [2.24, 2.45) is 0 Å². The maximum absolute atomic E-state index is 12.1. The van der Waals surface area contributed by atoms with Crippen LogP contribution in [0.15, 0.2) is 12.7 Å². The van der Waals surface area contributed by atoms with Crippen LogP contribution >= 0.6 is 0 Å². The molecule has 0 aromatic carbocycles. The molecule has 2 fully saturated rings. The first-order valence-electron chi connectivity index (χ1n) is 8.15. The van der Waals surface area contributed by atoms with E-state index in [0.717, 1.165) is 39.0 Å². The zero-order valence-corrected chi connectivity index (χ0v) is 12.8. The first-order valence-corrected chi connectivity index (χ1v) is 8.15. The molecule has 0 N–H and O–H groups in total. The molecule has 116 valence electrons.